The third-order valence-corrected chi connectivity index (χ3v) is 4.82. The Morgan fingerprint density at radius 2 is 1.83 bits per heavy atom. The number of carbonyl (C=O) groups excluding carboxylic acids is 1. The van der Waals surface area contributed by atoms with Crippen LogP contribution in [0.2, 0.25) is 5.02 Å². The van der Waals surface area contributed by atoms with E-state index in [1.807, 2.05) is 30.3 Å². The van der Waals surface area contributed by atoms with E-state index in [2.05, 4.69) is 25.9 Å². The maximum atomic E-state index is 13.0. The summed E-state index contributed by atoms with van der Waals surface area (Å²) in [5.74, 6) is 0.652. The average molecular weight is 425 g/mol. The van der Waals surface area contributed by atoms with Gasteiger partial charge in [0.15, 0.2) is 11.5 Å². The van der Waals surface area contributed by atoms with Gasteiger partial charge in [-0.05, 0) is 48.0 Å². The van der Waals surface area contributed by atoms with E-state index in [0.29, 0.717) is 41.0 Å². The molecule has 2 aromatic heterocycles. The topological polar surface area (TPSA) is 84.2 Å². The maximum Gasteiger partial charge on any atom is 0.224 e. The lowest BCUT2D eigenvalue weighted by atomic mass is 10.2. The second-order valence-corrected chi connectivity index (χ2v) is 7.01. The van der Waals surface area contributed by atoms with Crippen molar-refractivity contribution in [1.82, 2.24) is 19.8 Å². The Morgan fingerprint density at radius 3 is 2.63 bits per heavy atom. The molecule has 0 radical (unpaired) electrons. The number of hydrogen-bond donors (Lipinski definition) is 2. The largest absolute Gasteiger partial charge is 0.364 e. The molecule has 0 unspecified atom stereocenters. The van der Waals surface area contributed by atoms with Gasteiger partial charge < -0.3 is 10.6 Å². The van der Waals surface area contributed by atoms with Crippen molar-refractivity contribution in [3.8, 4) is 0 Å². The van der Waals surface area contributed by atoms with E-state index in [1.54, 1.807) is 10.6 Å². The number of fused-ring (bicyclic) bond motifs is 1. The third-order valence-electron chi connectivity index (χ3n) is 4.45. The van der Waals surface area contributed by atoms with Gasteiger partial charge in [-0.2, -0.15) is 4.52 Å². The second-order valence-electron chi connectivity index (χ2n) is 6.60. The van der Waals surface area contributed by atoms with Gasteiger partial charge in [-0.3, -0.25) is 4.79 Å². The summed E-state index contributed by atoms with van der Waals surface area (Å²) in [7, 11) is 0. The number of halogens is 2. The van der Waals surface area contributed by atoms with E-state index < -0.39 is 0 Å². The predicted octanol–water partition coefficient (Wildman–Crippen LogP) is 4.10. The number of aryl methyl sites for hydroxylation is 1. The number of rotatable bonds is 7. The summed E-state index contributed by atoms with van der Waals surface area (Å²) in [6.07, 6.45) is 0.548. The summed E-state index contributed by atoms with van der Waals surface area (Å²) >= 11 is 6.19. The highest BCUT2D eigenvalue weighted by atomic mass is 35.5. The van der Waals surface area contributed by atoms with Crippen LogP contribution in [-0.4, -0.2) is 25.7 Å². The smallest absolute Gasteiger partial charge is 0.224 e. The number of amides is 1. The molecular formula is C21H18ClFN6O. The van der Waals surface area contributed by atoms with E-state index in [1.165, 1.54) is 24.3 Å². The van der Waals surface area contributed by atoms with Crippen molar-refractivity contribution in [2.75, 3.05) is 10.6 Å². The van der Waals surface area contributed by atoms with Crippen molar-refractivity contribution in [2.45, 2.75) is 19.4 Å². The van der Waals surface area contributed by atoms with Crippen LogP contribution < -0.4 is 10.6 Å². The van der Waals surface area contributed by atoms with Crippen LogP contribution in [0.3, 0.4) is 0 Å². The van der Waals surface area contributed by atoms with Crippen molar-refractivity contribution < 1.29 is 9.18 Å². The Morgan fingerprint density at radius 1 is 1.03 bits per heavy atom. The molecule has 0 aliphatic heterocycles. The Bertz CT molecular complexity index is 1180. The van der Waals surface area contributed by atoms with Crippen LogP contribution >= 0.6 is 11.6 Å². The molecule has 9 heteroatoms. The molecule has 2 heterocycles. The van der Waals surface area contributed by atoms with E-state index in [0.717, 1.165) is 5.56 Å². The monoisotopic (exact) mass is 424 g/mol. The van der Waals surface area contributed by atoms with Gasteiger partial charge in [0.2, 0.25) is 5.91 Å². The number of hydrogen-bond acceptors (Lipinski definition) is 5. The van der Waals surface area contributed by atoms with E-state index in [4.69, 9.17) is 11.6 Å². The summed E-state index contributed by atoms with van der Waals surface area (Å²) in [5.41, 5.74) is 2.09. The van der Waals surface area contributed by atoms with Crippen LogP contribution in [0.25, 0.3) is 5.65 Å². The second kappa shape index (κ2) is 8.87. The highest BCUT2D eigenvalue weighted by Gasteiger charge is 2.11. The fourth-order valence-electron chi connectivity index (χ4n) is 2.89. The minimum Gasteiger partial charge on any atom is -0.364 e. The normalized spacial score (nSPS) is 10.9. The third kappa shape index (κ3) is 4.72. The van der Waals surface area contributed by atoms with Crippen molar-refractivity contribution >= 4 is 34.7 Å². The molecule has 0 aliphatic rings. The molecule has 0 atom stereocenters. The van der Waals surface area contributed by atoms with Crippen LogP contribution in [0.4, 0.5) is 15.9 Å². The molecule has 7 nitrogen and oxygen atoms in total. The van der Waals surface area contributed by atoms with Gasteiger partial charge in [0.05, 0.1) is 0 Å². The van der Waals surface area contributed by atoms with E-state index in [9.17, 15) is 9.18 Å². The zero-order chi connectivity index (χ0) is 20.9. The van der Waals surface area contributed by atoms with Crippen LogP contribution in [0.5, 0.6) is 0 Å². The fourth-order valence-corrected chi connectivity index (χ4v) is 3.10. The highest BCUT2D eigenvalue weighted by Crippen LogP contribution is 2.17. The first-order valence-corrected chi connectivity index (χ1v) is 9.70. The summed E-state index contributed by atoms with van der Waals surface area (Å²) < 4.78 is 14.6. The number of nitrogens with one attached hydrogen (secondary N) is 2. The molecule has 1 amide bonds. The standard InChI is InChI=1S/C21H18ClFN6O/c22-17-4-2-1-3-14(17)13-24-18-9-10-19-26-27-20(29(19)28-18)11-12-21(30)25-16-7-5-15(23)6-8-16/h1-10H,11-13H2,(H,24,28)(H,25,30). The van der Waals surface area contributed by atoms with Crippen LogP contribution in [0.15, 0.2) is 60.7 Å². The molecule has 0 saturated heterocycles. The molecule has 0 aliphatic carbocycles. The summed E-state index contributed by atoms with van der Waals surface area (Å²) in [5, 5.41) is 19.4. The molecule has 4 aromatic rings. The van der Waals surface area contributed by atoms with Gasteiger partial charge >= 0.3 is 0 Å². The lowest BCUT2D eigenvalue weighted by molar-refractivity contribution is -0.116. The minimum atomic E-state index is -0.354. The molecule has 0 bridgehead atoms. The Balaban J connectivity index is 1.40. The molecule has 0 fully saturated rings. The number of benzene rings is 2. The fraction of sp³-hybridized carbons (Fsp3) is 0.143. The zero-order valence-electron chi connectivity index (χ0n) is 15.8. The SMILES string of the molecule is O=C(CCc1nnc2ccc(NCc3ccccc3Cl)nn12)Nc1ccc(F)cc1. The van der Waals surface area contributed by atoms with Crippen LogP contribution in [0.1, 0.15) is 17.8 Å². The van der Waals surface area contributed by atoms with Crippen molar-refractivity contribution in [1.29, 1.82) is 0 Å². The molecule has 0 saturated carbocycles. The zero-order valence-corrected chi connectivity index (χ0v) is 16.6. The number of anilines is 2. The van der Waals surface area contributed by atoms with Crippen molar-refractivity contribution in [3.63, 3.8) is 0 Å². The molecule has 2 N–H and O–H groups in total. The Kier molecular flexibility index (Phi) is 5.85. The molecule has 30 heavy (non-hydrogen) atoms. The number of nitrogens with zero attached hydrogens (tertiary/aromatic N) is 4. The van der Waals surface area contributed by atoms with Crippen LogP contribution in [-0.2, 0) is 17.8 Å². The summed E-state index contributed by atoms with van der Waals surface area (Å²) in [6.45, 7) is 0.524. The number of aromatic nitrogens is 4. The van der Waals surface area contributed by atoms with Gasteiger partial charge in [0, 0.05) is 30.1 Å². The Hall–Kier alpha value is -3.52. The first kappa shape index (κ1) is 19.8. The van der Waals surface area contributed by atoms with E-state index >= 15 is 0 Å². The van der Waals surface area contributed by atoms with Gasteiger partial charge in [0.1, 0.15) is 11.6 Å². The number of carbonyl (C=O) groups is 1. The minimum absolute atomic E-state index is 0.192. The molecule has 0 spiro atoms. The Labute approximate surface area is 176 Å². The molecule has 152 valence electrons. The summed E-state index contributed by atoms with van der Waals surface area (Å²) in [4.78, 5) is 12.2. The van der Waals surface area contributed by atoms with E-state index in [-0.39, 0.29) is 18.1 Å². The van der Waals surface area contributed by atoms with Gasteiger partial charge in [0.25, 0.3) is 0 Å². The molecular weight excluding hydrogens is 407 g/mol. The maximum absolute atomic E-state index is 13.0. The summed E-state index contributed by atoms with van der Waals surface area (Å²) in [6, 6.07) is 16.8. The lowest BCUT2D eigenvalue weighted by Gasteiger charge is -2.08. The first-order valence-electron chi connectivity index (χ1n) is 9.32. The highest BCUT2D eigenvalue weighted by molar-refractivity contribution is 6.31. The van der Waals surface area contributed by atoms with Crippen LogP contribution in [0, 0.1) is 5.82 Å². The van der Waals surface area contributed by atoms with Gasteiger partial charge in [-0.1, -0.05) is 29.8 Å². The first-order chi connectivity index (χ1) is 14.6. The van der Waals surface area contributed by atoms with Crippen molar-refractivity contribution in [2.24, 2.45) is 0 Å². The molecule has 2 aromatic carbocycles. The molecule has 4 rings (SSSR count). The van der Waals surface area contributed by atoms with Crippen molar-refractivity contribution in [3.05, 3.63) is 82.9 Å². The van der Waals surface area contributed by atoms with Gasteiger partial charge in [-0.15, -0.1) is 15.3 Å². The lowest BCUT2D eigenvalue weighted by Crippen LogP contribution is -2.13. The average Bonchev–Trinajstić information content (AvgIpc) is 3.16. The quantitative estimate of drug-likeness (QED) is 0.466. The van der Waals surface area contributed by atoms with Gasteiger partial charge in [-0.25, -0.2) is 4.39 Å². The predicted molar refractivity (Wildman–Crippen MR) is 113 cm³/mol.